The molecule has 0 aliphatic rings. The first-order chi connectivity index (χ1) is 5.15. The molecule has 60 valence electrons. The molecule has 0 aliphatic carbocycles. The Bertz CT molecular complexity index is 273. The first-order valence-corrected chi connectivity index (χ1v) is 4.65. The predicted molar refractivity (Wildman–Crippen MR) is 48.8 cm³/mol. The van der Waals surface area contributed by atoms with Crippen LogP contribution in [0.15, 0.2) is 12.1 Å². The van der Waals surface area contributed by atoms with Crippen molar-refractivity contribution in [3.8, 4) is 0 Å². The van der Waals surface area contributed by atoms with Crippen LogP contribution in [-0.2, 0) is 5.33 Å². The highest BCUT2D eigenvalue weighted by atomic mass is 79.9. The van der Waals surface area contributed by atoms with Crippen LogP contribution in [0.25, 0.3) is 0 Å². The zero-order valence-electron chi connectivity index (χ0n) is 6.00. The number of hydrogen-bond acceptors (Lipinski definition) is 0. The molecule has 0 saturated carbocycles. The summed E-state index contributed by atoms with van der Waals surface area (Å²) in [7, 11) is 0. The summed E-state index contributed by atoms with van der Waals surface area (Å²) in [6, 6.07) is 3.29. The third-order valence-electron chi connectivity index (χ3n) is 1.39. The molecule has 1 aromatic carbocycles. The zero-order chi connectivity index (χ0) is 8.43. The van der Waals surface area contributed by atoms with E-state index < -0.39 is 0 Å². The van der Waals surface area contributed by atoms with Crippen molar-refractivity contribution in [2.45, 2.75) is 12.3 Å². The molecule has 3 heteroatoms. The number of rotatable bonds is 1. The SMILES string of the molecule is Cc1cc(F)c(Cl)c(CBr)c1. The fourth-order valence-corrected chi connectivity index (χ4v) is 1.67. The van der Waals surface area contributed by atoms with Gasteiger partial charge in [0.1, 0.15) is 5.82 Å². The van der Waals surface area contributed by atoms with Gasteiger partial charge in [-0.15, -0.1) is 0 Å². The first-order valence-electron chi connectivity index (χ1n) is 3.15. The monoisotopic (exact) mass is 236 g/mol. The highest BCUT2D eigenvalue weighted by Crippen LogP contribution is 2.23. The summed E-state index contributed by atoms with van der Waals surface area (Å²) in [5.41, 5.74) is 1.69. The molecule has 0 heterocycles. The lowest BCUT2D eigenvalue weighted by Crippen LogP contribution is -1.86. The first kappa shape index (κ1) is 9.01. The third-order valence-corrected chi connectivity index (χ3v) is 2.42. The predicted octanol–water partition coefficient (Wildman–Crippen LogP) is 3.68. The molecular weight excluding hydrogens is 230 g/mol. The van der Waals surface area contributed by atoms with Gasteiger partial charge < -0.3 is 0 Å². The Kier molecular flexibility index (Phi) is 2.90. The molecule has 0 nitrogen and oxygen atoms in total. The molecule has 0 aromatic heterocycles. The van der Waals surface area contributed by atoms with Crippen LogP contribution >= 0.6 is 27.5 Å². The molecule has 0 atom stereocenters. The van der Waals surface area contributed by atoms with E-state index in [4.69, 9.17) is 11.6 Å². The van der Waals surface area contributed by atoms with E-state index in [9.17, 15) is 4.39 Å². The number of aryl methyl sites for hydroxylation is 1. The Morgan fingerprint density at radius 3 is 2.73 bits per heavy atom. The van der Waals surface area contributed by atoms with Gasteiger partial charge in [-0.05, 0) is 24.1 Å². The standard InChI is InChI=1S/C8H7BrClF/c1-5-2-6(4-9)8(10)7(11)3-5/h2-3H,4H2,1H3. The quantitative estimate of drug-likeness (QED) is 0.654. The molecule has 0 saturated heterocycles. The van der Waals surface area contributed by atoms with Gasteiger partial charge in [-0.3, -0.25) is 0 Å². The molecule has 1 aromatic rings. The largest absolute Gasteiger partial charge is 0.205 e. The molecular formula is C8H7BrClF. The van der Waals surface area contributed by atoms with Crippen LogP contribution in [-0.4, -0.2) is 0 Å². The van der Waals surface area contributed by atoms with Gasteiger partial charge in [-0.25, -0.2) is 4.39 Å². The molecule has 0 spiro atoms. The van der Waals surface area contributed by atoms with E-state index in [0.717, 1.165) is 11.1 Å². The van der Waals surface area contributed by atoms with Crippen molar-refractivity contribution in [2.24, 2.45) is 0 Å². The lowest BCUT2D eigenvalue weighted by molar-refractivity contribution is 0.625. The number of hydrogen-bond donors (Lipinski definition) is 0. The Labute approximate surface area is 78.5 Å². The van der Waals surface area contributed by atoms with E-state index >= 15 is 0 Å². The lowest BCUT2D eigenvalue weighted by Gasteiger charge is -2.02. The molecule has 11 heavy (non-hydrogen) atoms. The van der Waals surface area contributed by atoms with E-state index in [1.807, 2.05) is 13.0 Å². The van der Waals surface area contributed by atoms with Crippen molar-refractivity contribution < 1.29 is 4.39 Å². The number of alkyl halides is 1. The number of halogens is 3. The summed E-state index contributed by atoms with van der Waals surface area (Å²) in [6.07, 6.45) is 0. The average molecular weight is 237 g/mol. The third kappa shape index (κ3) is 1.94. The van der Waals surface area contributed by atoms with E-state index in [0.29, 0.717) is 5.33 Å². The van der Waals surface area contributed by atoms with Crippen molar-refractivity contribution in [3.63, 3.8) is 0 Å². The van der Waals surface area contributed by atoms with Gasteiger partial charge in [-0.1, -0.05) is 33.6 Å². The Balaban J connectivity index is 3.24. The van der Waals surface area contributed by atoms with Crippen LogP contribution in [0.2, 0.25) is 5.02 Å². The normalized spacial score (nSPS) is 10.2. The van der Waals surface area contributed by atoms with Crippen LogP contribution in [0.5, 0.6) is 0 Å². The van der Waals surface area contributed by atoms with Crippen molar-refractivity contribution in [3.05, 3.63) is 34.1 Å². The summed E-state index contributed by atoms with van der Waals surface area (Å²) >= 11 is 8.89. The van der Waals surface area contributed by atoms with Crippen LogP contribution < -0.4 is 0 Å². The minimum absolute atomic E-state index is 0.215. The van der Waals surface area contributed by atoms with Crippen LogP contribution in [0.3, 0.4) is 0 Å². The summed E-state index contributed by atoms with van der Waals surface area (Å²) in [5.74, 6) is -0.346. The average Bonchev–Trinajstić information content (AvgIpc) is 1.96. The zero-order valence-corrected chi connectivity index (χ0v) is 8.34. The minimum atomic E-state index is -0.346. The molecule has 1 rings (SSSR count). The molecule has 0 fully saturated rings. The van der Waals surface area contributed by atoms with Gasteiger partial charge in [0.2, 0.25) is 0 Å². The Morgan fingerprint density at radius 2 is 2.18 bits per heavy atom. The fourth-order valence-electron chi connectivity index (χ4n) is 0.894. The maximum absolute atomic E-state index is 12.9. The van der Waals surface area contributed by atoms with Crippen LogP contribution in [0, 0.1) is 12.7 Å². The fraction of sp³-hybridized carbons (Fsp3) is 0.250. The lowest BCUT2D eigenvalue weighted by atomic mass is 10.1. The minimum Gasteiger partial charge on any atom is -0.205 e. The van der Waals surface area contributed by atoms with E-state index in [2.05, 4.69) is 15.9 Å². The van der Waals surface area contributed by atoms with Gasteiger partial charge in [0.25, 0.3) is 0 Å². The van der Waals surface area contributed by atoms with Gasteiger partial charge in [0.05, 0.1) is 5.02 Å². The van der Waals surface area contributed by atoms with Crippen molar-refractivity contribution >= 4 is 27.5 Å². The molecule has 0 unspecified atom stereocenters. The molecule has 0 radical (unpaired) electrons. The molecule has 0 bridgehead atoms. The topological polar surface area (TPSA) is 0 Å². The second-order valence-corrected chi connectivity index (χ2v) is 3.29. The van der Waals surface area contributed by atoms with Gasteiger partial charge in [0.15, 0.2) is 0 Å². The Hall–Kier alpha value is -0.0800. The smallest absolute Gasteiger partial charge is 0.142 e. The summed E-state index contributed by atoms with van der Waals surface area (Å²) in [6.45, 7) is 1.84. The van der Waals surface area contributed by atoms with Gasteiger partial charge >= 0.3 is 0 Å². The van der Waals surface area contributed by atoms with E-state index in [1.165, 1.54) is 6.07 Å². The van der Waals surface area contributed by atoms with Crippen molar-refractivity contribution in [2.75, 3.05) is 0 Å². The number of benzene rings is 1. The van der Waals surface area contributed by atoms with E-state index in [1.54, 1.807) is 0 Å². The summed E-state index contributed by atoms with van der Waals surface area (Å²) < 4.78 is 12.9. The summed E-state index contributed by atoms with van der Waals surface area (Å²) in [5, 5.41) is 0.803. The van der Waals surface area contributed by atoms with E-state index in [-0.39, 0.29) is 10.8 Å². The van der Waals surface area contributed by atoms with Crippen molar-refractivity contribution in [1.29, 1.82) is 0 Å². The van der Waals surface area contributed by atoms with Crippen LogP contribution in [0.4, 0.5) is 4.39 Å². The van der Waals surface area contributed by atoms with Crippen molar-refractivity contribution in [1.82, 2.24) is 0 Å². The summed E-state index contributed by atoms with van der Waals surface area (Å²) in [4.78, 5) is 0. The molecule has 0 N–H and O–H groups in total. The molecule has 0 amide bonds. The van der Waals surface area contributed by atoms with Gasteiger partial charge in [0, 0.05) is 5.33 Å². The van der Waals surface area contributed by atoms with Crippen LogP contribution in [0.1, 0.15) is 11.1 Å². The second kappa shape index (κ2) is 3.55. The van der Waals surface area contributed by atoms with Gasteiger partial charge in [-0.2, -0.15) is 0 Å². The highest BCUT2D eigenvalue weighted by Gasteiger charge is 2.05. The molecule has 0 aliphatic heterocycles. The second-order valence-electron chi connectivity index (χ2n) is 2.35. The maximum atomic E-state index is 12.9. The highest BCUT2D eigenvalue weighted by molar-refractivity contribution is 9.08. The Morgan fingerprint density at radius 1 is 1.55 bits per heavy atom. The maximum Gasteiger partial charge on any atom is 0.142 e.